The van der Waals surface area contributed by atoms with Crippen molar-refractivity contribution in [2.45, 2.75) is 19.6 Å². The highest BCUT2D eigenvalue weighted by molar-refractivity contribution is 9.09. The van der Waals surface area contributed by atoms with Gasteiger partial charge in [0.25, 0.3) is 0 Å². The Morgan fingerprint density at radius 2 is 2.00 bits per heavy atom. The summed E-state index contributed by atoms with van der Waals surface area (Å²) >= 11 is 3.31. The van der Waals surface area contributed by atoms with Crippen LogP contribution in [-0.2, 0) is 0 Å². The normalized spacial score (nSPS) is 11.5. The largest absolute Gasteiger partial charge is 0.508 e. The lowest BCUT2D eigenvalue weighted by atomic mass is 10.3. The molecule has 1 aromatic rings. The molecule has 0 heterocycles. The molecule has 0 aliphatic heterocycles. The Hall–Kier alpha value is -0.483. The molecule has 2 nitrogen and oxygen atoms in total. The Labute approximate surface area is 100 Å². The zero-order chi connectivity index (χ0) is 11.5. The quantitative estimate of drug-likeness (QED) is 0.682. The summed E-state index contributed by atoms with van der Waals surface area (Å²) in [5.74, 6) is 1.23. The first-order valence-corrected chi connectivity index (χ1v) is 9.59. The molecule has 0 aliphatic carbocycles. The van der Waals surface area contributed by atoms with E-state index < -0.39 is 8.07 Å². The molecular formula is C11H17BrO2Si. The average Bonchev–Trinajstić information content (AvgIpc) is 2.15. The lowest BCUT2D eigenvalue weighted by Crippen LogP contribution is -2.37. The van der Waals surface area contributed by atoms with Crippen LogP contribution in [0.1, 0.15) is 0 Å². The number of hydrogen-bond acceptors (Lipinski definition) is 2. The minimum absolute atomic E-state index is 0.389. The molecule has 0 amide bonds. The Balaban J connectivity index is 2.95. The number of benzene rings is 1. The Morgan fingerprint density at radius 3 is 2.53 bits per heavy atom. The third kappa shape index (κ3) is 3.54. The van der Waals surface area contributed by atoms with E-state index in [9.17, 15) is 5.11 Å². The van der Waals surface area contributed by atoms with Crippen LogP contribution in [0, 0.1) is 0 Å². The summed E-state index contributed by atoms with van der Waals surface area (Å²) < 4.78 is 5.51. The van der Waals surface area contributed by atoms with Gasteiger partial charge in [0.05, 0.1) is 14.7 Å². The SMILES string of the molecule is C[Si](C)(C)c1cc(OCCBr)ccc1O. The molecule has 0 aliphatic rings. The van der Waals surface area contributed by atoms with Crippen LogP contribution in [0.3, 0.4) is 0 Å². The number of phenolic OH excluding ortho intramolecular Hbond substituents is 1. The van der Waals surface area contributed by atoms with Crippen molar-refractivity contribution in [1.29, 1.82) is 0 Å². The highest BCUT2D eigenvalue weighted by atomic mass is 79.9. The van der Waals surface area contributed by atoms with Crippen LogP contribution in [0.15, 0.2) is 18.2 Å². The second-order valence-electron chi connectivity index (χ2n) is 4.47. The van der Waals surface area contributed by atoms with Gasteiger partial charge in [-0.1, -0.05) is 35.6 Å². The molecule has 84 valence electrons. The minimum Gasteiger partial charge on any atom is -0.508 e. The summed E-state index contributed by atoms with van der Waals surface area (Å²) in [7, 11) is -1.49. The highest BCUT2D eigenvalue weighted by Crippen LogP contribution is 2.19. The molecule has 0 unspecified atom stereocenters. The number of halogens is 1. The number of hydrogen-bond donors (Lipinski definition) is 1. The van der Waals surface area contributed by atoms with Gasteiger partial charge in [0.2, 0.25) is 0 Å². The molecule has 0 saturated carbocycles. The van der Waals surface area contributed by atoms with Crippen LogP contribution in [0.4, 0.5) is 0 Å². The number of phenols is 1. The van der Waals surface area contributed by atoms with Crippen molar-refractivity contribution >= 4 is 29.2 Å². The van der Waals surface area contributed by atoms with Crippen LogP contribution < -0.4 is 9.92 Å². The second-order valence-corrected chi connectivity index (χ2v) is 10.3. The summed E-state index contributed by atoms with van der Waals surface area (Å²) in [6.45, 7) is 7.26. The number of alkyl halides is 1. The van der Waals surface area contributed by atoms with Gasteiger partial charge in [-0.15, -0.1) is 0 Å². The van der Waals surface area contributed by atoms with Crippen molar-refractivity contribution in [2.24, 2.45) is 0 Å². The van der Waals surface area contributed by atoms with Crippen molar-refractivity contribution in [3.8, 4) is 11.5 Å². The summed E-state index contributed by atoms with van der Waals surface area (Å²) in [4.78, 5) is 0. The Kier molecular flexibility index (Phi) is 4.22. The van der Waals surface area contributed by atoms with E-state index in [4.69, 9.17) is 4.74 Å². The lowest BCUT2D eigenvalue weighted by Gasteiger charge is -2.19. The van der Waals surface area contributed by atoms with Gasteiger partial charge in [-0.3, -0.25) is 0 Å². The molecule has 1 N–H and O–H groups in total. The monoisotopic (exact) mass is 288 g/mol. The van der Waals surface area contributed by atoms with Gasteiger partial charge >= 0.3 is 0 Å². The zero-order valence-corrected chi connectivity index (χ0v) is 12.0. The molecule has 1 aromatic carbocycles. The van der Waals surface area contributed by atoms with Gasteiger partial charge in [-0.25, -0.2) is 0 Å². The van der Waals surface area contributed by atoms with Gasteiger partial charge < -0.3 is 9.84 Å². The molecule has 0 saturated heterocycles. The molecule has 0 atom stereocenters. The predicted octanol–water partition coefficient (Wildman–Crippen LogP) is 2.71. The van der Waals surface area contributed by atoms with Crippen LogP contribution in [0.2, 0.25) is 19.6 Å². The summed E-state index contributed by atoms with van der Waals surface area (Å²) in [5.41, 5.74) is 0. The predicted molar refractivity (Wildman–Crippen MR) is 70.4 cm³/mol. The van der Waals surface area contributed by atoms with E-state index in [0.717, 1.165) is 16.3 Å². The van der Waals surface area contributed by atoms with Crippen LogP contribution in [0.25, 0.3) is 0 Å². The number of rotatable bonds is 4. The molecular weight excluding hydrogens is 272 g/mol. The zero-order valence-electron chi connectivity index (χ0n) is 9.38. The van der Waals surface area contributed by atoms with Crippen molar-refractivity contribution < 1.29 is 9.84 Å². The van der Waals surface area contributed by atoms with E-state index in [-0.39, 0.29) is 0 Å². The first kappa shape index (κ1) is 12.6. The molecule has 15 heavy (non-hydrogen) atoms. The average molecular weight is 289 g/mol. The fourth-order valence-corrected chi connectivity index (χ4v) is 2.95. The molecule has 0 bridgehead atoms. The number of aromatic hydroxyl groups is 1. The first-order chi connectivity index (χ1) is 6.95. The summed E-state index contributed by atoms with van der Waals surface area (Å²) in [6.07, 6.45) is 0. The van der Waals surface area contributed by atoms with Gasteiger partial charge in [-0.05, 0) is 23.4 Å². The third-order valence-corrected chi connectivity index (χ3v) is 4.46. The van der Waals surface area contributed by atoms with Crippen LogP contribution >= 0.6 is 15.9 Å². The molecule has 0 radical (unpaired) electrons. The van der Waals surface area contributed by atoms with Gasteiger partial charge in [0.1, 0.15) is 11.5 Å². The smallest absolute Gasteiger partial charge is 0.119 e. The highest BCUT2D eigenvalue weighted by Gasteiger charge is 2.20. The Morgan fingerprint density at radius 1 is 1.33 bits per heavy atom. The van der Waals surface area contributed by atoms with E-state index in [2.05, 4.69) is 35.6 Å². The summed E-state index contributed by atoms with van der Waals surface area (Å²) in [5, 5.41) is 11.6. The van der Waals surface area contributed by atoms with E-state index >= 15 is 0 Å². The van der Waals surface area contributed by atoms with E-state index in [0.29, 0.717) is 12.4 Å². The van der Waals surface area contributed by atoms with Crippen LogP contribution in [-0.4, -0.2) is 25.1 Å². The number of ether oxygens (including phenoxy) is 1. The van der Waals surface area contributed by atoms with Crippen molar-refractivity contribution in [2.75, 3.05) is 11.9 Å². The van der Waals surface area contributed by atoms with E-state index in [1.54, 1.807) is 6.07 Å². The molecule has 0 spiro atoms. The molecule has 4 heteroatoms. The fraction of sp³-hybridized carbons (Fsp3) is 0.455. The second kappa shape index (κ2) is 5.03. The first-order valence-electron chi connectivity index (χ1n) is 4.97. The van der Waals surface area contributed by atoms with Crippen molar-refractivity contribution in [3.05, 3.63) is 18.2 Å². The molecule has 0 aromatic heterocycles. The van der Waals surface area contributed by atoms with Crippen molar-refractivity contribution in [3.63, 3.8) is 0 Å². The van der Waals surface area contributed by atoms with E-state index in [1.807, 2.05) is 12.1 Å². The van der Waals surface area contributed by atoms with Crippen molar-refractivity contribution in [1.82, 2.24) is 0 Å². The summed E-state index contributed by atoms with van der Waals surface area (Å²) in [6, 6.07) is 5.49. The lowest BCUT2D eigenvalue weighted by molar-refractivity contribution is 0.344. The minimum atomic E-state index is -1.49. The Bertz CT molecular complexity index is 334. The standard InChI is InChI=1S/C11H17BrO2Si/c1-15(2,3)11-8-9(14-7-6-12)4-5-10(11)13/h4-5,8,13H,6-7H2,1-3H3. The van der Waals surface area contributed by atoms with Crippen LogP contribution in [0.5, 0.6) is 11.5 Å². The third-order valence-electron chi connectivity index (χ3n) is 2.12. The maximum absolute atomic E-state index is 9.77. The maximum Gasteiger partial charge on any atom is 0.119 e. The maximum atomic E-state index is 9.77. The fourth-order valence-electron chi connectivity index (χ4n) is 1.36. The van der Waals surface area contributed by atoms with Gasteiger partial charge in [0.15, 0.2) is 0 Å². The van der Waals surface area contributed by atoms with Gasteiger partial charge in [0, 0.05) is 5.33 Å². The van der Waals surface area contributed by atoms with E-state index in [1.165, 1.54) is 0 Å². The topological polar surface area (TPSA) is 29.5 Å². The van der Waals surface area contributed by atoms with Gasteiger partial charge in [-0.2, -0.15) is 0 Å². The molecule has 1 rings (SSSR count). The molecule has 0 fully saturated rings.